The van der Waals surface area contributed by atoms with Crippen molar-refractivity contribution in [3.63, 3.8) is 0 Å². The number of anilines is 1. The van der Waals surface area contributed by atoms with Gasteiger partial charge >= 0.3 is 0 Å². The second kappa shape index (κ2) is 10.8. The molecule has 5 nitrogen and oxygen atoms in total. The smallest absolute Gasteiger partial charge is 0.270 e. The van der Waals surface area contributed by atoms with Gasteiger partial charge < -0.3 is 14.2 Å². The lowest BCUT2D eigenvalue weighted by atomic mass is 10.1. The molecule has 1 aliphatic rings. The third kappa shape index (κ3) is 5.26. The van der Waals surface area contributed by atoms with E-state index < -0.39 is 0 Å². The molecule has 1 fully saturated rings. The molecule has 34 heavy (non-hydrogen) atoms. The minimum Gasteiger partial charge on any atom is -0.493 e. The number of methoxy groups -OCH3 is 1. The molecule has 0 N–H and O–H groups in total. The van der Waals surface area contributed by atoms with Gasteiger partial charge in [-0.05, 0) is 55.3 Å². The van der Waals surface area contributed by atoms with Gasteiger partial charge in [-0.3, -0.25) is 9.69 Å². The molecule has 0 spiro atoms. The van der Waals surface area contributed by atoms with Crippen molar-refractivity contribution in [2.24, 2.45) is 0 Å². The molecule has 3 aromatic carbocycles. The zero-order valence-corrected chi connectivity index (χ0v) is 20.9. The molecule has 1 saturated heterocycles. The van der Waals surface area contributed by atoms with Gasteiger partial charge in [0.05, 0.1) is 17.7 Å². The standard InChI is InChI=1S/C27H25NO4S2/c1-18-12-13-19(2)21(16-18)28-26(29)25(34-27(28)33)17-20-8-4-5-9-22(20)31-14-15-32-24-11-7-6-10-23(24)30-3/h4-13,16-17H,14-15H2,1-3H3/b25-17-. The first-order valence-electron chi connectivity index (χ1n) is 10.8. The van der Waals surface area contributed by atoms with Gasteiger partial charge in [-0.2, -0.15) is 0 Å². The Morgan fingerprint density at radius 3 is 2.29 bits per heavy atom. The summed E-state index contributed by atoms with van der Waals surface area (Å²) in [5.41, 5.74) is 3.71. The molecule has 1 heterocycles. The van der Waals surface area contributed by atoms with E-state index in [1.165, 1.54) is 11.8 Å². The predicted molar refractivity (Wildman–Crippen MR) is 142 cm³/mol. The number of aryl methyl sites for hydroxylation is 2. The maximum atomic E-state index is 13.2. The molecule has 0 radical (unpaired) electrons. The van der Waals surface area contributed by atoms with Crippen LogP contribution in [0.15, 0.2) is 71.6 Å². The van der Waals surface area contributed by atoms with Crippen molar-refractivity contribution in [1.29, 1.82) is 0 Å². The third-order valence-electron chi connectivity index (χ3n) is 5.27. The van der Waals surface area contributed by atoms with Gasteiger partial charge in [0, 0.05) is 5.56 Å². The number of nitrogens with zero attached hydrogens (tertiary/aromatic N) is 1. The lowest BCUT2D eigenvalue weighted by Crippen LogP contribution is -2.28. The van der Waals surface area contributed by atoms with Gasteiger partial charge in [-0.1, -0.05) is 66.4 Å². The van der Waals surface area contributed by atoms with Crippen LogP contribution in [0.1, 0.15) is 16.7 Å². The van der Waals surface area contributed by atoms with E-state index in [1.807, 2.05) is 86.7 Å². The van der Waals surface area contributed by atoms with Crippen molar-refractivity contribution in [2.45, 2.75) is 13.8 Å². The minimum absolute atomic E-state index is 0.127. The zero-order valence-electron chi connectivity index (χ0n) is 19.2. The highest BCUT2D eigenvalue weighted by atomic mass is 32.2. The summed E-state index contributed by atoms with van der Waals surface area (Å²) >= 11 is 6.85. The van der Waals surface area contributed by atoms with Gasteiger partial charge in [0.1, 0.15) is 19.0 Å². The first-order valence-corrected chi connectivity index (χ1v) is 12.0. The quantitative estimate of drug-likeness (QED) is 0.213. The molecule has 0 bridgehead atoms. The monoisotopic (exact) mass is 491 g/mol. The van der Waals surface area contributed by atoms with Gasteiger partial charge in [0.15, 0.2) is 15.8 Å². The molecule has 4 rings (SSSR count). The Morgan fingerprint density at radius 1 is 0.912 bits per heavy atom. The minimum atomic E-state index is -0.127. The normalized spacial score (nSPS) is 14.6. The number of benzene rings is 3. The lowest BCUT2D eigenvalue weighted by molar-refractivity contribution is -0.113. The van der Waals surface area contributed by atoms with Crippen LogP contribution in [0.25, 0.3) is 6.08 Å². The van der Waals surface area contributed by atoms with Crippen LogP contribution < -0.4 is 19.1 Å². The average molecular weight is 492 g/mol. The van der Waals surface area contributed by atoms with E-state index in [9.17, 15) is 4.79 Å². The molecular weight excluding hydrogens is 466 g/mol. The van der Waals surface area contributed by atoms with Crippen molar-refractivity contribution in [3.8, 4) is 17.2 Å². The van der Waals surface area contributed by atoms with Crippen LogP contribution >= 0.6 is 24.0 Å². The van der Waals surface area contributed by atoms with Gasteiger partial charge in [0.2, 0.25) is 0 Å². The number of carbonyl (C=O) groups excluding carboxylic acids is 1. The van der Waals surface area contributed by atoms with E-state index in [-0.39, 0.29) is 5.91 Å². The molecule has 1 amide bonds. The lowest BCUT2D eigenvalue weighted by Gasteiger charge is -2.17. The topological polar surface area (TPSA) is 48.0 Å². The second-order valence-corrected chi connectivity index (χ2v) is 9.37. The molecule has 3 aromatic rings. The maximum absolute atomic E-state index is 13.2. The fourth-order valence-corrected chi connectivity index (χ4v) is 4.83. The van der Waals surface area contributed by atoms with Crippen LogP contribution in [0.2, 0.25) is 0 Å². The summed E-state index contributed by atoms with van der Waals surface area (Å²) in [7, 11) is 1.61. The molecule has 0 aromatic heterocycles. The summed E-state index contributed by atoms with van der Waals surface area (Å²) in [6.07, 6.45) is 1.83. The van der Waals surface area contributed by atoms with Crippen molar-refractivity contribution in [3.05, 3.63) is 88.3 Å². The summed E-state index contributed by atoms with van der Waals surface area (Å²) < 4.78 is 17.6. The second-order valence-electron chi connectivity index (χ2n) is 7.69. The Morgan fingerprint density at radius 2 is 1.56 bits per heavy atom. The van der Waals surface area contributed by atoms with Crippen LogP contribution in [-0.2, 0) is 4.79 Å². The van der Waals surface area contributed by atoms with Gasteiger partial charge in [-0.15, -0.1) is 0 Å². The summed E-state index contributed by atoms with van der Waals surface area (Å²) in [5.74, 6) is 1.88. The van der Waals surface area contributed by atoms with E-state index in [1.54, 1.807) is 12.0 Å². The van der Waals surface area contributed by atoms with E-state index in [0.29, 0.717) is 39.7 Å². The number of amides is 1. The number of rotatable bonds is 8. The van der Waals surface area contributed by atoms with Crippen LogP contribution in [0, 0.1) is 13.8 Å². The first kappa shape index (κ1) is 23.9. The van der Waals surface area contributed by atoms with Crippen LogP contribution in [0.4, 0.5) is 5.69 Å². The van der Waals surface area contributed by atoms with E-state index >= 15 is 0 Å². The number of hydrogen-bond acceptors (Lipinski definition) is 6. The molecular formula is C27H25NO4S2. The summed E-state index contributed by atoms with van der Waals surface area (Å²) in [4.78, 5) is 15.4. The first-order chi connectivity index (χ1) is 16.5. The third-order valence-corrected chi connectivity index (χ3v) is 6.57. The number of para-hydroxylation sites is 3. The molecule has 174 valence electrons. The number of ether oxygens (including phenoxy) is 3. The van der Waals surface area contributed by atoms with Gasteiger partial charge in [-0.25, -0.2) is 0 Å². The molecule has 7 heteroatoms. The highest BCUT2D eigenvalue weighted by Crippen LogP contribution is 2.38. The number of thioether (sulfide) groups is 1. The van der Waals surface area contributed by atoms with Crippen LogP contribution in [0.3, 0.4) is 0 Å². The Labute approximate surface area is 209 Å². The highest BCUT2D eigenvalue weighted by Gasteiger charge is 2.34. The van der Waals surface area contributed by atoms with Crippen molar-refractivity contribution in [2.75, 3.05) is 25.2 Å². The van der Waals surface area contributed by atoms with Gasteiger partial charge in [0.25, 0.3) is 5.91 Å². The largest absolute Gasteiger partial charge is 0.493 e. The van der Waals surface area contributed by atoms with Crippen molar-refractivity contribution >= 4 is 46.0 Å². The van der Waals surface area contributed by atoms with E-state index in [4.69, 9.17) is 26.4 Å². The Hall–Kier alpha value is -3.29. The number of carbonyl (C=O) groups is 1. The number of thiocarbonyl (C=S) groups is 1. The molecule has 0 unspecified atom stereocenters. The summed E-state index contributed by atoms with van der Waals surface area (Å²) in [6, 6.07) is 21.1. The van der Waals surface area contributed by atoms with Crippen LogP contribution in [-0.4, -0.2) is 30.6 Å². The Balaban J connectivity index is 1.47. The molecule has 0 saturated carbocycles. The highest BCUT2D eigenvalue weighted by molar-refractivity contribution is 8.27. The molecule has 1 aliphatic heterocycles. The van der Waals surface area contributed by atoms with E-state index in [0.717, 1.165) is 22.4 Å². The SMILES string of the molecule is COc1ccccc1OCCOc1ccccc1/C=C1\SC(=S)N(c2cc(C)ccc2C)C1=O. The number of hydrogen-bond donors (Lipinski definition) is 0. The van der Waals surface area contributed by atoms with Crippen molar-refractivity contribution in [1.82, 2.24) is 0 Å². The fourth-order valence-electron chi connectivity index (χ4n) is 3.55. The fraction of sp³-hybridized carbons (Fsp3) is 0.185. The molecule has 0 atom stereocenters. The summed E-state index contributed by atoms with van der Waals surface area (Å²) in [5, 5.41) is 0. The predicted octanol–water partition coefficient (Wildman–Crippen LogP) is 6.18. The van der Waals surface area contributed by atoms with Crippen LogP contribution in [0.5, 0.6) is 17.2 Å². The van der Waals surface area contributed by atoms with E-state index in [2.05, 4.69) is 0 Å². The summed E-state index contributed by atoms with van der Waals surface area (Å²) in [6.45, 7) is 4.67. The molecule has 0 aliphatic carbocycles. The van der Waals surface area contributed by atoms with Crippen molar-refractivity contribution < 1.29 is 19.0 Å². The average Bonchev–Trinajstić information content (AvgIpc) is 3.12. The Kier molecular flexibility index (Phi) is 7.55. The maximum Gasteiger partial charge on any atom is 0.270 e. The Bertz CT molecular complexity index is 1250. The zero-order chi connectivity index (χ0) is 24.1.